The summed E-state index contributed by atoms with van der Waals surface area (Å²) in [5.74, 6) is -0.294. The second-order valence-electron chi connectivity index (χ2n) is 8.61. The van der Waals surface area contributed by atoms with Crippen LogP contribution < -0.4 is 14.4 Å². The van der Waals surface area contributed by atoms with Crippen molar-refractivity contribution < 1.29 is 27.1 Å². The molecule has 1 N–H and O–H groups in total. The van der Waals surface area contributed by atoms with E-state index < -0.39 is 21.9 Å². The summed E-state index contributed by atoms with van der Waals surface area (Å²) in [6.07, 6.45) is 3.11. The summed E-state index contributed by atoms with van der Waals surface area (Å²) in [6, 6.07) is 11.7. The number of unbranched alkanes of at least 4 members (excludes halogenated alkanes) is 1. The zero-order chi connectivity index (χ0) is 26.7. The molecule has 0 aliphatic rings. The molecule has 0 aliphatic carbocycles. The van der Waals surface area contributed by atoms with E-state index in [1.807, 2.05) is 19.1 Å². The van der Waals surface area contributed by atoms with Crippen molar-refractivity contribution in [3.05, 3.63) is 59.9 Å². The quantitative estimate of drug-likeness (QED) is 0.383. The fraction of sp³-hybridized carbons (Fsp3) is 0.462. The van der Waals surface area contributed by atoms with Crippen molar-refractivity contribution >= 4 is 27.5 Å². The molecule has 2 amide bonds. The summed E-state index contributed by atoms with van der Waals surface area (Å²) < 4.78 is 44.3. The summed E-state index contributed by atoms with van der Waals surface area (Å²) in [6.45, 7) is 4.51. The molecule has 0 spiro atoms. The molecule has 2 aromatic rings. The van der Waals surface area contributed by atoms with Crippen molar-refractivity contribution in [3.63, 3.8) is 0 Å². The van der Waals surface area contributed by atoms with Crippen molar-refractivity contribution in [2.24, 2.45) is 0 Å². The molecule has 0 saturated heterocycles. The van der Waals surface area contributed by atoms with Crippen molar-refractivity contribution in [2.75, 3.05) is 30.8 Å². The number of nitrogens with zero attached hydrogens (tertiary/aromatic N) is 2. The van der Waals surface area contributed by atoms with Crippen LogP contribution in [0.5, 0.6) is 5.75 Å². The van der Waals surface area contributed by atoms with Crippen LogP contribution in [0.25, 0.3) is 0 Å². The first-order chi connectivity index (χ1) is 17.1. The molecule has 0 saturated carbocycles. The smallest absolute Gasteiger partial charge is 0.242 e. The van der Waals surface area contributed by atoms with E-state index in [1.165, 1.54) is 29.2 Å². The minimum atomic E-state index is -3.64. The number of hydrogen-bond acceptors (Lipinski definition) is 5. The lowest BCUT2D eigenvalue weighted by Crippen LogP contribution is -2.47. The van der Waals surface area contributed by atoms with Gasteiger partial charge in [-0.3, -0.25) is 13.9 Å². The first kappa shape index (κ1) is 29.1. The highest BCUT2D eigenvalue weighted by molar-refractivity contribution is 7.92. The number of methoxy groups -OCH3 is 1. The number of sulfonamides is 1. The number of carbonyl (C=O) groups excluding carboxylic acids is 2. The Balaban J connectivity index is 2.14. The molecule has 0 radical (unpaired) electrons. The van der Waals surface area contributed by atoms with E-state index >= 15 is 0 Å². The van der Waals surface area contributed by atoms with Crippen LogP contribution in [0.3, 0.4) is 0 Å². The number of benzene rings is 2. The fourth-order valence-electron chi connectivity index (χ4n) is 3.66. The van der Waals surface area contributed by atoms with Gasteiger partial charge in [-0.2, -0.15) is 0 Å². The first-order valence-electron chi connectivity index (χ1n) is 12.0. The highest BCUT2D eigenvalue weighted by Gasteiger charge is 2.26. The van der Waals surface area contributed by atoms with Crippen LogP contribution in [-0.2, 0) is 26.2 Å². The molecule has 2 aromatic carbocycles. The second kappa shape index (κ2) is 13.8. The number of nitrogens with one attached hydrogen (secondary N) is 1. The van der Waals surface area contributed by atoms with Crippen LogP contribution in [-0.4, -0.2) is 57.6 Å². The van der Waals surface area contributed by atoms with Gasteiger partial charge in [-0.25, -0.2) is 12.8 Å². The lowest BCUT2D eigenvalue weighted by Gasteiger charge is -2.29. The lowest BCUT2D eigenvalue weighted by molar-refractivity contribution is -0.140. The van der Waals surface area contributed by atoms with E-state index in [9.17, 15) is 22.4 Å². The van der Waals surface area contributed by atoms with E-state index in [4.69, 9.17) is 4.74 Å². The third kappa shape index (κ3) is 8.82. The Morgan fingerprint density at radius 2 is 1.69 bits per heavy atom. The topological polar surface area (TPSA) is 96.0 Å². The molecule has 0 heterocycles. The first-order valence-corrected chi connectivity index (χ1v) is 13.8. The van der Waals surface area contributed by atoms with Crippen LogP contribution in [0.15, 0.2) is 48.5 Å². The van der Waals surface area contributed by atoms with E-state index in [0.29, 0.717) is 18.0 Å². The van der Waals surface area contributed by atoms with Gasteiger partial charge >= 0.3 is 0 Å². The van der Waals surface area contributed by atoms with E-state index in [1.54, 1.807) is 26.2 Å². The van der Waals surface area contributed by atoms with Crippen LogP contribution in [0.2, 0.25) is 0 Å². The Hall–Kier alpha value is -3.14. The minimum Gasteiger partial charge on any atom is -0.497 e. The maximum atomic E-state index is 13.3. The predicted molar refractivity (Wildman–Crippen MR) is 139 cm³/mol. The molecule has 0 bridgehead atoms. The molecule has 1 atom stereocenters. The number of halogens is 1. The monoisotopic (exact) mass is 521 g/mol. The molecular weight excluding hydrogens is 485 g/mol. The molecule has 0 aromatic heterocycles. The Labute approximate surface area is 213 Å². The molecule has 36 heavy (non-hydrogen) atoms. The average molecular weight is 522 g/mol. The summed E-state index contributed by atoms with van der Waals surface area (Å²) in [4.78, 5) is 27.5. The highest BCUT2D eigenvalue weighted by Crippen LogP contribution is 2.20. The van der Waals surface area contributed by atoms with Crippen LogP contribution in [0.4, 0.5) is 10.1 Å². The van der Waals surface area contributed by atoms with E-state index in [2.05, 4.69) is 5.32 Å². The highest BCUT2D eigenvalue weighted by atomic mass is 32.2. The number of hydrogen-bond donors (Lipinski definition) is 1. The van der Waals surface area contributed by atoms with Crippen molar-refractivity contribution in [1.29, 1.82) is 0 Å². The Morgan fingerprint density at radius 1 is 1.06 bits per heavy atom. The summed E-state index contributed by atoms with van der Waals surface area (Å²) in [5, 5.41) is 2.87. The Morgan fingerprint density at radius 3 is 2.25 bits per heavy atom. The number of anilines is 1. The standard InChI is InChI=1S/C26H36FN3O5S/c1-5-6-17-28-26(32)20(2)29(19-21-9-15-24(35-3)16-10-21)25(31)8-7-18-30(36(4,33)34)23-13-11-22(27)12-14-23/h9-16,20H,5-8,17-19H2,1-4H3,(H,28,32). The van der Waals surface area contributed by atoms with Gasteiger partial charge in [0, 0.05) is 26.1 Å². The van der Waals surface area contributed by atoms with Gasteiger partial charge in [0.05, 0.1) is 19.1 Å². The van der Waals surface area contributed by atoms with Crippen LogP contribution in [0, 0.1) is 5.82 Å². The summed E-state index contributed by atoms with van der Waals surface area (Å²) in [7, 11) is -2.07. The molecule has 10 heteroatoms. The summed E-state index contributed by atoms with van der Waals surface area (Å²) in [5.41, 5.74) is 1.16. The molecule has 0 fully saturated rings. The number of rotatable bonds is 14. The third-order valence-electron chi connectivity index (χ3n) is 5.78. The van der Waals surface area contributed by atoms with Crippen molar-refractivity contribution in [1.82, 2.24) is 10.2 Å². The molecule has 8 nitrogen and oxygen atoms in total. The SMILES string of the molecule is CCCCNC(=O)C(C)N(Cc1ccc(OC)cc1)C(=O)CCCN(c1ccc(F)cc1)S(C)(=O)=O. The van der Waals surface area contributed by atoms with Gasteiger partial charge in [0.15, 0.2) is 0 Å². The number of carbonyl (C=O) groups is 2. The lowest BCUT2D eigenvalue weighted by atomic mass is 10.1. The number of ether oxygens (including phenoxy) is 1. The van der Waals surface area contributed by atoms with Gasteiger partial charge in [0.25, 0.3) is 0 Å². The van der Waals surface area contributed by atoms with Gasteiger partial charge < -0.3 is 15.0 Å². The van der Waals surface area contributed by atoms with E-state index in [0.717, 1.165) is 29.0 Å². The second-order valence-corrected chi connectivity index (χ2v) is 10.5. The van der Waals surface area contributed by atoms with Gasteiger partial charge in [-0.05, 0) is 61.7 Å². The molecule has 1 unspecified atom stereocenters. The molecular formula is C26H36FN3O5S. The normalized spacial score (nSPS) is 12.0. The molecule has 2 rings (SSSR count). The Bertz CT molecular complexity index is 1090. The zero-order valence-electron chi connectivity index (χ0n) is 21.4. The molecule has 0 aliphatic heterocycles. The Kier molecular flexibility index (Phi) is 11.2. The van der Waals surface area contributed by atoms with Crippen LogP contribution >= 0.6 is 0 Å². The fourth-order valence-corrected chi connectivity index (χ4v) is 4.62. The summed E-state index contributed by atoms with van der Waals surface area (Å²) >= 11 is 0. The largest absolute Gasteiger partial charge is 0.497 e. The van der Waals surface area contributed by atoms with Crippen LogP contribution in [0.1, 0.15) is 45.1 Å². The zero-order valence-corrected chi connectivity index (χ0v) is 22.2. The van der Waals surface area contributed by atoms with E-state index in [-0.39, 0.29) is 37.7 Å². The van der Waals surface area contributed by atoms with Gasteiger partial charge in [-0.15, -0.1) is 0 Å². The van der Waals surface area contributed by atoms with Gasteiger partial charge in [0.1, 0.15) is 17.6 Å². The maximum Gasteiger partial charge on any atom is 0.242 e. The third-order valence-corrected chi connectivity index (χ3v) is 6.97. The van der Waals surface area contributed by atoms with Gasteiger partial charge in [-0.1, -0.05) is 25.5 Å². The predicted octanol–water partition coefficient (Wildman–Crippen LogP) is 3.71. The van der Waals surface area contributed by atoms with Gasteiger partial charge in [0.2, 0.25) is 21.8 Å². The minimum absolute atomic E-state index is 0.0376. The van der Waals surface area contributed by atoms with Crippen molar-refractivity contribution in [2.45, 2.75) is 52.1 Å². The number of amides is 2. The van der Waals surface area contributed by atoms with Crippen molar-refractivity contribution in [3.8, 4) is 5.75 Å². The average Bonchev–Trinajstić information content (AvgIpc) is 2.85. The molecule has 198 valence electrons. The maximum absolute atomic E-state index is 13.3.